The molecule has 7 nitrogen and oxygen atoms in total. The van der Waals surface area contributed by atoms with Crippen LogP contribution in [0.15, 0.2) is 15.6 Å². The molecule has 0 saturated heterocycles. The van der Waals surface area contributed by atoms with Crippen LogP contribution in [0.2, 0.25) is 0 Å². The van der Waals surface area contributed by atoms with Gasteiger partial charge in [-0.1, -0.05) is 11.3 Å². The third-order valence-electron chi connectivity index (χ3n) is 2.75. The van der Waals surface area contributed by atoms with Gasteiger partial charge in [0.15, 0.2) is 11.7 Å². The van der Waals surface area contributed by atoms with Crippen molar-refractivity contribution in [1.29, 1.82) is 0 Å². The molecule has 1 amide bonds. The summed E-state index contributed by atoms with van der Waals surface area (Å²) in [4.78, 5) is 38.6. The van der Waals surface area contributed by atoms with Crippen molar-refractivity contribution in [3.8, 4) is 0 Å². The lowest BCUT2D eigenvalue weighted by molar-refractivity contribution is -0.147. The number of rotatable bonds is 6. The molecule has 0 saturated carbocycles. The van der Waals surface area contributed by atoms with Gasteiger partial charge in [-0.25, -0.2) is 4.98 Å². The number of carbonyl (C=O) groups is 2. The number of nitrogens with zero attached hydrogens (tertiary/aromatic N) is 2. The predicted octanol–water partition coefficient (Wildman–Crippen LogP) is 1.56. The van der Waals surface area contributed by atoms with Crippen molar-refractivity contribution in [2.75, 3.05) is 11.9 Å². The monoisotopic (exact) mass is 341 g/mol. The molecule has 0 bridgehead atoms. The first kappa shape index (κ1) is 16.4. The van der Waals surface area contributed by atoms with Crippen LogP contribution in [-0.4, -0.2) is 28.0 Å². The Bertz CT molecular complexity index is 732. The highest BCUT2D eigenvalue weighted by Gasteiger charge is 2.11. The summed E-state index contributed by atoms with van der Waals surface area (Å²) >= 11 is 2.39. The van der Waals surface area contributed by atoms with Gasteiger partial charge in [-0.3, -0.25) is 19.7 Å². The van der Waals surface area contributed by atoms with E-state index < -0.39 is 11.9 Å². The Labute approximate surface area is 134 Å². The van der Waals surface area contributed by atoms with E-state index in [0.29, 0.717) is 5.13 Å². The van der Waals surface area contributed by atoms with E-state index in [2.05, 4.69) is 10.3 Å². The van der Waals surface area contributed by atoms with Crippen LogP contribution in [0.5, 0.6) is 0 Å². The van der Waals surface area contributed by atoms with E-state index in [1.807, 2.05) is 12.3 Å². The number of thiazole rings is 2. The number of nitrogens with one attached hydrogen (secondary N) is 1. The molecule has 0 atom stereocenters. The molecule has 0 aliphatic rings. The van der Waals surface area contributed by atoms with Crippen LogP contribution < -0.4 is 10.2 Å². The van der Waals surface area contributed by atoms with Crippen LogP contribution in [0.1, 0.15) is 17.8 Å². The number of aromatic nitrogens is 2. The molecule has 22 heavy (non-hydrogen) atoms. The smallest absolute Gasteiger partial charge is 0.308 e. The fourth-order valence-corrected chi connectivity index (χ4v) is 3.13. The van der Waals surface area contributed by atoms with E-state index >= 15 is 0 Å². The molecule has 0 aliphatic carbocycles. The molecule has 0 aromatic carbocycles. The summed E-state index contributed by atoms with van der Waals surface area (Å²) in [6.45, 7) is 3.50. The van der Waals surface area contributed by atoms with Crippen molar-refractivity contribution in [3.63, 3.8) is 0 Å². The van der Waals surface area contributed by atoms with E-state index in [4.69, 9.17) is 4.74 Å². The van der Waals surface area contributed by atoms with Gasteiger partial charge in [-0.15, -0.1) is 11.3 Å². The maximum atomic E-state index is 11.6. The average molecular weight is 341 g/mol. The Balaban J connectivity index is 1.73. The summed E-state index contributed by atoms with van der Waals surface area (Å²) in [6, 6.07) is 0. The Morgan fingerprint density at radius 3 is 2.68 bits per heavy atom. The van der Waals surface area contributed by atoms with E-state index in [-0.39, 0.29) is 24.4 Å². The highest BCUT2D eigenvalue weighted by Crippen LogP contribution is 2.13. The van der Waals surface area contributed by atoms with Gasteiger partial charge in [-0.05, 0) is 13.8 Å². The van der Waals surface area contributed by atoms with Gasteiger partial charge in [0.05, 0.1) is 12.1 Å². The number of amides is 1. The summed E-state index contributed by atoms with van der Waals surface area (Å²) < 4.78 is 6.38. The summed E-state index contributed by atoms with van der Waals surface area (Å²) in [5.41, 5.74) is 1.62. The number of carbonyl (C=O) groups excluding carboxylic acids is 2. The number of anilines is 1. The van der Waals surface area contributed by atoms with Gasteiger partial charge < -0.3 is 9.30 Å². The van der Waals surface area contributed by atoms with Gasteiger partial charge in [0.25, 0.3) is 5.91 Å². The first-order valence-corrected chi connectivity index (χ1v) is 8.24. The standard InChI is InChI=1S/C13H15N3O4S2/c1-8-6-21-12(14-8)15-10(17)5-20-11(18)3-4-16-9(2)7-22-13(16)19/h6-7H,3-5H2,1-2H3,(H,14,15,17). The highest BCUT2D eigenvalue weighted by molar-refractivity contribution is 7.13. The van der Waals surface area contributed by atoms with Crippen molar-refractivity contribution in [3.05, 3.63) is 31.8 Å². The van der Waals surface area contributed by atoms with Crippen LogP contribution >= 0.6 is 22.7 Å². The minimum atomic E-state index is -0.525. The minimum Gasteiger partial charge on any atom is -0.456 e. The molecular weight excluding hydrogens is 326 g/mol. The SMILES string of the molecule is Cc1csc(NC(=O)COC(=O)CCn2c(C)csc2=O)n1. The van der Waals surface area contributed by atoms with Crippen molar-refractivity contribution in [2.45, 2.75) is 26.8 Å². The molecule has 9 heteroatoms. The third kappa shape index (κ3) is 4.50. The predicted molar refractivity (Wildman–Crippen MR) is 84.4 cm³/mol. The van der Waals surface area contributed by atoms with E-state index in [0.717, 1.165) is 22.7 Å². The Morgan fingerprint density at radius 2 is 2.09 bits per heavy atom. The van der Waals surface area contributed by atoms with Gasteiger partial charge in [-0.2, -0.15) is 0 Å². The van der Waals surface area contributed by atoms with Crippen LogP contribution in [-0.2, 0) is 20.9 Å². The summed E-state index contributed by atoms with van der Waals surface area (Å²) in [7, 11) is 0. The second kappa shape index (κ2) is 7.32. The van der Waals surface area contributed by atoms with Gasteiger partial charge in [0.2, 0.25) is 0 Å². The Morgan fingerprint density at radius 1 is 1.32 bits per heavy atom. The number of hydrogen-bond donors (Lipinski definition) is 1. The summed E-state index contributed by atoms with van der Waals surface area (Å²) in [5.74, 6) is -0.963. The fraction of sp³-hybridized carbons (Fsp3) is 0.385. The number of esters is 1. The molecule has 0 fully saturated rings. The molecule has 0 radical (unpaired) electrons. The Hall–Kier alpha value is -2.00. The Kier molecular flexibility index (Phi) is 5.45. The van der Waals surface area contributed by atoms with Gasteiger partial charge in [0.1, 0.15) is 0 Å². The maximum absolute atomic E-state index is 11.6. The van der Waals surface area contributed by atoms with Crippen molar-refractivity contribution in [1.82, 2.24) is 9.55 Å². The van der Waals surface area contributed by atoms with Gasteiger partial charge in [0, 0.05) is 23.0 Å². The van der Waals surface area contributed by atoms with Crippen LogP contribution in [0.3, 0.4) is 0 Å². The third-order valence-corrected chi connectivity index (χ3v) is 4.50. The summed E-state index contributed by atoms with van der Waals surface area (Å²) in [6.07, 6.45) is 0.0428. The summed E-state index contributed by atoms with van der Waals surface area (Å²) in [5, 5.41) is 6.56. The molecule has 2 rings (SSSR count). The minimum absolute atomic E-state index is 0.0428. The zero-order valence-electron chi connectivity index (χ0n) is 12.1. The normalized spacial score (nSPS) is 10.5. The van der Waals surface area contributed by atoms with Gasteiger partial charge >= 0.3 is 10.8 Å². The fourth-order valence-electron chi connectivity index (χ4n) is 1.66. The zero-order chi connectivity index (χ0) is 16.1. The van der Waals surface area contributed by atoms with Crippen molar-refractivity contribution in [2.24, 2.45) is 0 Å². The highest BCUT2D eigenvalue weighted by atomic mass is 32.1. The molecule has 0 aliphatic heterocycles. The zero-order valence-corrected chi connectivity index (χ0v) is 13.8. The molecular formula is C13H15N3O4S2. The number of hydrogen-bond acceptors (Lipinski definition) is 7. The second-order valence-corrected chi connectivity index (χ2v) is 6.23. The maximum Gasteiger partial charge on any atom is 0.308 e. The largest absolute Gasteiger partial charge is 0.456 e. The molecule has 118 valence electrons. The molecule has 0 spiro atoms. The topological polar surface area (TPSA) is 90.3 Å². The molecule has 0 unspecified atom stereocenters. The van der Waals surface area contributed by atoms with E-state index in [9.17, 15) is 14.4 Å². The molecule has 2 aromatic rings. The lowest BCUT2D eigenvalue weighted by Gasteiger charge is -2.06. The van der Waals surface area contributed by atoms with E-state index in [1.54, 1.807) is 12.3 Å². The first-order valence-electron chi connectivity index (χ1n) is 6.48. The average Bonchev–Trinajstić information content (AvgIpc) is 3.01. The number of ether oxygens (including phenoxy) is 1. The molecule has 1 N–H and O–H groups in total. The quantitative estimate of drug-likeness (QED) is 0.805. The molecule has 2 aromatic heterocycles. The lowest BCUT2D eigenvalue weighted by Crippen LogP contribution is -2.22. The van der Waals surface area contributed by atoms with Crippen molar-refractivity contribution >= 4 is 39.7 Å². The van der Waals surface area contributed by atoms with E-state index in [1.165, 1.54) is 15.9 Å². The second-order valence-electron chi connectivity index (χ2n) is 4.55. The molecule has 2 heterocycles. The van der Waals surface area contributed by atoms with Crippen LogP contribution in [0.25, 0.3) is 0 Å². The first-order chi connectivity index (χ1) is 10.5. The lowest BCUT2D eigenvalue weighted by atomic mass is 10.4. The van der Waals surface area contributed by atoms with Crippen molar-refractivity contribution < 1.29 is 14.3 Å². The van der Waals surface area contributed by atoms with Crippen LogP contribution in [0.4, 0.5) is 5.13 Å². The number of aryl methyl sites for hydroxylation is 2. The van der Waals surface area contributed by atoms with Crippen LogP contribution in [0, 0.1) is 13.8 Å².